The van der Waals surface area contributed by atoms with Gasteiger partial charge in [0.25, 0.3) is 11.8 Å². The second-order valence-electron chi connectivity index (χ2n) is 4.73. The molecule has 7 heteroatoms. The van der Waals surface area contributed by atoms with Crippen LogP contribution < -0.4 is 10.6 Å². The Labute approximate surface area is 136 Å². The first kappa shape index (κ1) is 16.2. The van der Waals surface area contributed by atoms with E-state index in [9.17, 15) is 14.4 Å². The molecule has 0 unspecified atom stereocenters. The normalized spacial score (nSPS) is 13.0. The van der Waals surface area contributed by atoms with Crippen LogP contribution in [0.15, 0.2) is 35.3 Å². The molecule has 1 aliphatic heterocycles. The molecule has 0 saturated heterocycles. The summed E-state index contributed by atoms with van der Waals surface area (Å²) in [5.74, 6) is -0.582. The Morgan fingerprint density at radius 3 is 2.68 bits per heavy atom. The van der Waals surface area contributed by atoms with Crippen molar-refractivity contribution in [3.8, 4) is 0 Å². The SMILES string of the molecule is C=CCNC(=O)NCCCN1C(=O)c2ccc(Br)cc2C1=O. The van der Waals surface area contributed by atoms with E-state index < -0.39 is 0 Å². The van der Waals surface area contributed by atoms with Crippen molar-refractivity contribution < 1.29 is 14.4 Å². The summed E-state index contributed by atoms with van der Waals surface area (Å²) < 4.78 is 0.759. The van der Waals surface area contributed by atoms with Crippen LogP contribution in [0.2, 0.25) is 0 Å². The lowest BCUT2D eigenvalue weighted by atomic mass is 10.1. The maximum Gasteiger partial charge on any atom is 0.315 e. The third kappa shape index (κ3) is 3.54. The van der Waals surface area contributed by atoms with Crippen LogP contribution in [0, 0.1) is 0 Å². The first-order valence-corrected chi connectivity index (χ1v) is 7.62. The lowest BCUT2D eigenvalue weighted by molar-refractivity contribution is 0.0653. The molecule has 0 aliphatic carbocycles. The Bertz CT molecular complexity index is 630. The molecule has 1 aliphatic rings. The number of amides is 4. The van der Waals surface area contributed by atoms with Crippen LogP contribution in [0.1, 0.15) is 27.1 Å². The van der Waals surface area contributed by atoms with Crippen molar-refractivity contribution >= 4 is 33.8 Å². The van der Waals surface area contributed by atoms with Crippen molar-refractivity contribution in [2.75, 3.05) is 19.6 Å². The molecule has 0 radical (unpaired) electrons. The molecule has 1 aromatic rings. The zero-order valence-corrected chi connectivity index (χ0v) is 13.5. The standard InChI is InChI=1S/C15H16BrN3O3/c1-2-6-17-15(22)18-7-3-8-19-13(20)11-5-4-10(16)9-12(11)14(19)21/h2,4-5,9H,1,3,6-8H2,(H2,17,18,22). The van der Waals surface area contributed by atoms with E-state index in [1.807, 2.05) is 0 Å². The minimum absolute atomic E-state index is 0.270. The predicted molar refractivity (Wildman–Crippen MR) is 85.7 cm³/mol. The van der Waals surface area contributed by atoms with E-state index in [0.717, 1.165) is 4.47 Å². The number of nitrogens with zero attached hydrogens (tertiary/aromatic N) is 1. The molecule has 1 aromatic carbocycles. The van der Waals surface area contributed by atoms with Crippen LogP contribution in [0.4, 0.5) is 4.79 Å². The average Bonchev–Trinajstić information content (AvgIpc) is 2.73. The highest BCUT2D eigenvalue weighted by molar-refractivity contribution is 9.10. The third-order valence-electron chi connectivity index (χ3n) is 3.18. The predicted octanol–water partition coefficient (Wildman–Crippen LogP) is 1.92. The third-order valence-corrected chi connectivity index (χ3v) is 3.68. The largest absolute Gasteiger partial charge is 0.338 e. The van der Waals surface area contributed by atoms with Gasteiger partial charge in [0.15, 0.2) is 0 Å². The number of hydrogen-bond acceptors (Lipinski definition) is 3. The molecule has 0 bridgehead atoms. The molecule has 116 valence electrons. The van der Waals surface area contributed by atoms with Gasteiger partial charge in [-0.25, -0.2) is 4.79 Å². The maximum absolute atomic E-state index is 12.2. The van der Waals surface area contributed by atoms with Gasteiger partial charge in [-0.05, 0) is 24.6 Å². The van der Waals surface area contributed by atoms with Crippen LogP contribution >= 0.6 is 15.9 Å². The fourth-order valence-electron chi connectivity index (χ4n) is 2.13. The van der Waals surface area contributed by atoms with E-state index in [0.29, 0.717) is 30.6 Å². The van der Waals surface area contributed by atoms with Gasteiger partial charge < -0.3 is 10.6 Å². The summed E-state index contributed by atoms with van der Waals surface area (Å²) in [5.41, 5.74) is 0.834. The Morgan fingerprint density at radius 2 is 1.95 bits per heavy atom. The van der Waals surface area contributed by atoms with Crippen molar-refractivity contribution in [2.45, 2.75) is 6.42 Å². The van der Waals surface area contributed by atoms with Gasteiger partial charge in [-0.2, -0.15) is 0 Å². The lowest BCUT2D eigenvalue weighted by Gasteiger charge is -2.13. The smallest absolute Gasteiger partial charge is 0.315 e. The number of urea groups is 1. The first-order chi connectivity index (χ1) is 10.5. The summed E-state index contributed by atoms with van der Waals surface area (Å²) >= 11 is 3.29. The second-order valence-corrected chi connectivity index (χ2v) is 5.65. The molecule has 0 fully saturated rings. The van der Waals surface area contributed by atoms with Gasteiger partial charge in [0.05, 0.1) is 11.1 Å². The second kappa shape index (κ2) is 7.22. The van der Waals surface area contributed by atoms with E-state index >= 15 is 0 Å². The van der Waals surface area contributed by atoms with Crippen molar-refractivity contribution in [1.29, 1.82) is 0 Å². The Balaban J connectivity index is 1.85. The highest BCUT2D eigenvalue weighted by atomic mass is 79.9. The topological polar surface area (TPSA) is 78.5 Å². The van der Waals surface area contributed by atoms with E-state index in [2.05, 4.69) is 33.1 Å². The average molecular weight is 366 g/mol. The molecule has 1 heterocycles. The number of benzene rings is 1. The van der Waals surface area contributed by atoms with Gasteiger partial charge in [-0.15, -0.1) is 6.58 Å². The molecule has 6 nitrogen and oxygen atoms in total. The maximum atomic E-state index is 12.2. The van der Waals surface area contributed by atoms with Crippen molar-refractivity contribution in [3.63, 3.8) is 0 Å². The zero-order chi connectivity index (χ0) is 16.1. The molecule has 0 spiro atoms. The highest BCUT2D eigenvalue weighted by Crippen LogP contribution is 2.25. The number of hydrogen-bond donors (Lipinski definition) is 2. The van der Waals surface area contributed by atoms with Gasteiger partial charge in [0.2, 0.25) is 0 Å². The van der Waals surface area contributed by atoms with Crippen LogP contribution in [-0.4, -0.2) is 42.4 Å². The van der Waals surface area contributed by atoms with Gasteiger partial charge in [0, 0.05) is 24.1 Å². The Hall–Kier alpha value is -2.15. The zero-order valence-electron chi connectivity index (χ0n) is 11.9. The summed E-state index contributed by atoms with van der Waals surface area (Å²) in [6.07, 6.45) is 2.07. The van der Waals surface area contributed by atoms with Gasteiger partial charge >= 0.3 is 6.03 Å². The molecule has 0 saturated carbocycles. The quantitative estimate of drug-likeness (QED) is 0.459. The van der Waals surface area contributed by atoms with E-state index in [-0.39, 0.29) is 24.4 Å². The monoisotopic (exact) mass is 365 g/mol. The number of halogens is 1. The van der Waals surface area contributed by atoms with E-state index in [4.69, 9.17) is 0 Å². The van der Waals surface area contributed by atoms with Crippen LogP contribution in [0.3, 0.4) is 0 Å². The number of rotatable bonds is 6. The Morgan fingerprint density at radius 1 is 1.23 bits per heavy atom. The molecule has 0 aromatic heterocycles. The minimum atomic E-state index is -0.300. The van der Waals surface area contributed by atoms with Crippen molar-refractivity contribution in [1.82, 2.24) is 15.5 Å². The number of imide groups is 1. The Kier molecular flexibility index (Phi) is 5.32. The number of fused-ring (bicyclic) bond motifs is 1. The molecule has 2 rings (SSSR count). The first-order valence-electron chi connectivity index (χ1n) is 6.83. The summed E-state index contributed by atoms with van der Waals surface area (Å²) in [7, 11) is 0. The molecule has 0 atom stereocenters. The molecular formula is C15H16BrN3O3. The van der Waals surface area contributed by atoms with Crippen molar-refractivity contribution in [3.05, 3.63) is 46.5 Å². The number of nitrogens with one attached hydrogen (secondary N) is 2. The summed E-state index contributed by atoms with van der Waals surface area (Å²) in [4.78, 5) is 36.9. The minimum Gasteiger partial charge on any atom is -0.338 e. The van der Waals surface area contributed by atoms with Gasteiger partial charge in [-0.3, -0.25) is 14.5 Å². The highest BCUT2D eigenvalue weighted by Gasteiger charge is 2.34. The van der Waals surface area contributed by atoms with E-state index in [1.54, 1.807) is 24.3 Å². The van der Waals surface area contributed by atoms with E-state index in [1.165, 1.54) is 4.90 Å². The molecular weight excluding hydrogens is 350 g/mol. The fraction of sp³-hybridized carbons (Fsp3) is 0.267. The lowest BCUT2D eigenvalue weighted by Crippen LogP contribution is -2.38. The number of carbonyl (C=O) groups is 3. The summed E-state index contributed by atoms with van der Waals surface area (Å²) in [6.45, 7) is 4.53. The molecule has 2 N–H and O–H groups in total. The number of carbonyl (C=O) groups excluding carboxylic acids is 3. The molecule has 4 amide bonds. The van der Waals surface area contributed by atoms with Crippen LogP contribution in [0.5, 0.6) is 0 Å². The van der Waals surface area contributed by atoms with Crippen LogP contribution in [-0.2, 0) is 0 Å². The summed E-state index contributed by atoms with van der Waals surface area (Å²) in [6, 6.07) is 4.72. The van der Waals surface area contributed by atoms with Gasteiger partial charge in [-0.1, -0.05) is 22.0 Å². The van der Waals surface area contributed by atoms with Gasteiger partial charge in [0.1, 0.15) is 0 Å². The van der Waals surface area contributed by atoms with Crippen LogP contribution in [0.25, 0.3) is 0 Å². The molecule has 22 heavy (non-hydrogen) atoms. The van der Waals surface area contributed by atoms with Crippen molar-refractivity contribution in [2.24, 2.45) is 0 Å². The summed E-state index contributed by atoms with van der Waals surface area (Å²) in [5, 5.41) is 5.22. The fourth-order valence-corrected chi connectivity index (χ4v) is 2.49.